The maximum Gasteiger partial charge on any atom is 0.155 e. The first kappa shape index (κ1) is 10.3. The molecular formula is C9H13ClN2O. The van der Waals surface area contributed by atoms with Crippen molar-refractivity contribution in [3.8, 4) is 5.75 Å². The van der Waals surface area contributed by atoms with Crippen LogP contribution >= 0.6 is 11.6 Å². The third kappa shape index (κ3) is 4.08. The van der Waals surface area contributed by atoms with E-state index in [-0.39, 0.29) is 0 Å². The molecule has 0 fully saturated rings. The molecule has 1 aromatic rings. The lowest BCUT2D eigenvalue weighted by atomic mass is 10.1. The van der Waals surface area contributed by atoms with E-state index < -0.39 is 0 Å². The summed E-state index contributed by atoms with van der Waals surface area (Å²) in [5.74, 6) is 1.32. The summed E-state index contributed by atoms with van der Waals surface area (Å²) in [5, 5.41) is 7.66. The van der Waals surface area contributed by atoms with E-state index in [1.807, 2.05) is 0 Å². The first-order chi connectivity index (χ1) is 6.18. The van der Waals surface area contributed by atoms with Crippen LogP contribution in [-0.2, 0) is 0 Å². The molecule has 3 nitrogen and oxygen atoms in total. The highest BCUT2D eigenvalue weighted by Crippen LogP contribution is 2.13. The third-order valence-electron chi connectivity index (χ3n) is 1.56. The van der Waals surface area contributed by atoms with Crippen LogP contribution in [0.2, 0.25) is 5.15 Å². The summed E-state index contributed by atoms with van der Waals surface area (Å²) in [4.78, 5) is 0. The normalized spacial score (nSPS) is 10.5. The molecule has 0 atom stereocenters. The predicted molar refractivity (Wildman–Crippen MR) is 52.0 cm³/mol. The fourth-order valence-corrected chi connectivity index (χ4v) is 0.967. The first-order valence-corrected chi connectivity index (χ1v) is 4.67. The van der Waals surface area contributed by atoms with Crippen LogP contribution in [0.4, 0.5) is 0 Å². The summed E-state index contributed by atoms with van der Waals surface area (Å²) >= 11 is 5.63. The van der Waals surface area contributed by atoms with Crippen LogP contribution in [0.1, 0.15) is 20.3 Å². The van der Waals surface area contributed by atoms with Crippen LogP contribution in [0.5, 0.6) is 5.75 Å². The van der Waals surface area contributed by atoms with Gasteiger partial charge in [0.1, 0.15) is 5.75 Å². The largest absolute Gasteiger partial charge is 0.492 e. The number of hydrogen-bond donors (Lipinski definition) is 0. The van der Waals surface area contributed by atoms with Gasteiger partial charge in [0.05, 0.1) is 12.8 Å². The molecule has 13 heavy (non-hydrogen) atoms. The molecule has 72 valence electrons. The topological polar surface area (TPSA) is 35.0 Å². The number of hydrogen-bond acceptors (Lipinski definition) is 3. The predicted octanol–water partition coefficient (Wildman–Crippen LogP) is 2.55. The Bertz CT molecular complexity index is 266. The van der Waals surface area contributed by atoms with Gasteiger partial charge in [-0.05, 0) is 12.3 Å². The average molecular weight is 201 g/mol. The van der Waals surface area contributed by atoms with Crippen molar-refractivity contribution in [1.29, 1.82) is 0 Å². The zero-order chi connectivity index (χ0) is 9.68. The second kappa shape index (κ2) is 5.02. The molecule has 0 aromatic carbocycles. The molecule has 0 unspecified atom stereocenters. The van der Waals surface area contributed by atoms with Crippen LogP contribution < -0.4 is 4.74 Å². The van der Waals surface area contributed by atoms with Crippen molar-refractivity contribution in [3.63, 3.8) is 0 Å². The highest BCUT2D eigenvalue weighted by molar-refractivity contribution is 6.29. The van der Waals surface area contributed by atoms with Crippen LogP contribution in [0, 0.1) is 5.92 Å². The minimum Gasteiger partial charge on any atom is -0.492 e. The standard InChI is InChI=1S/C9H13ClN2O/c1-7(2)3-4-13-8-5-9(10)12-11-6-8/h5-7H,3-4H2,1-2H3. The van der Waals surface area contributed by atoms with Gasteiger partial charge in [0, 0.05) is 6.07 Å². The highest BCUT2D eigenvalue weighted by atomic mass is 35.5. The van der Waals surface area contributed by atoms with Crippen LogP contribution in [0.3, 0.4) is 0 Å². The number of rotatable bonds is 4. The summed E-state index contributed by atoms with van der Waals surface area (Å²) in [6, 6.07) is 1.66. The van der Waals surface area contributed by atoms with Gasteiger partial charge in [0.15, 0.2) is 5.15 Å². The number of aromatic nitrogens is 2. The number of nitrogens with zero attached hydrogens (tertiary/aromatic N) is 2. The molecule has 0 N–H and O–H groups in total. The lowest BCUT2D eigenvalue weighted by Gasteiger charge is -2.06. The van der Waals surface area contributed by atoms with Gasteiger partial charge in [-0.2, -0.15) is 5.10 Å². The lowest BCUT2D eigenvalue weighted by molar-refractivity contribution is 0.288. The monoisotopic (exact) mass is 200 g/mol. The fourth-order valence-electron chi connectivity index (χ4n) is 0.816. The lowest BCUT2D eigenvalue weighted by Crippen LogP contribution is -2.01. The summed E-state index contributed by atoms with van der Waals surface area (Å²) in [6.45, 7) is 5.00. The minimum absolute atomic E-state index is 0.363. The molecule has 0 amide bonds. The zero-order valence-corrected chi connectivity index (χ0v) is 8.58. The van der Waals surface area contributed by atoms with E-state index in [1.165, 1.54) is 0 Å². The van der Waals surface area contributed by atoms with Crippen molar-refractivity contribution in [2.75, 3.05) is 6.61 Å². The molecule has 1 heterocycles. The molecular weight excluding hydrogens is 188 g/mol. The van der Waals surface area contributed by atoms with Gasteiger partial charge in [0.25, 0.3) is 0 Å². The molecule has 0 saturated heterocycles. The van der Waals surface area contributed by atoms with Gasteiger partial charge in [-0.1, -0.05) is 25.4 Å². The average Bonchev–Trinajstić information content (AvgIpc) is 2.03. The highest BCUT2D eigenvalue weighted by Gasteiger charge is 1.98. The summed E-state index contributed by atoms with van der Waals surface area (Å²) in [7, 11) is 0. The molecule has 0 aliphatic carbocycles. The van der Waals surface area contributed by atoms with E-state index in [2.05, 4.69) is 24.0 Å². The maximum absolute atomic E-state index is 5.63. The third-order valence-corrected chi connectivity index (χ3v) is 1.75. The van der Waals surface area contributed by atoms with Crippen LogP contribution in [0.25, 0.3) is 0 Å². The molecule has 0 aliphatic heterocycles. The van der Waals surface area contributed by atoms with Crippen LogP contribution in [0.15, 0.2) is 12.3 Å². The Morgan fingerprint density at radius 1 is 1.54 bits per heavy atom. The van der Waals surface area contributed by atoms with Crippen LogP contribution in [-0.4, -0.2) is 16.8 Å². The van der Waals surface area contributed by atoms with E-state index in [1.54, 1.807) is 12.3 Å². The smallest absolute Gasteiger partial charge is 0.155 e. The number of ether oxygens (including phenoxy) is 1. The van der Waals surface area contributed by atoms with E-state index >= 15 is 0 Å². The Balaban J connectivity index is 2.37. The van der Waals surface area contributed by atoms with Gasteiger partial charge < -0.3 is 4.74 Å². The Morgan fingerprint density at radius 3 is 2.92 bits per heavy atom. The van der Waals surface area contributed by atoms with Gasteiger partial charge in [-0.15, -0.1) is 5.10 Å². The summed E-state index contributed by atoms with van der Waals surface area (Å²) in [6.07, 6.45) is 2.59. The summed E-state index contributed by atoms with van der Waals surface area (Å²) in [5.41, 5.74) is 0. The maximum atomic E-state index is 5.63. The van der Waals surface area contributed by atoms with Gasteiger partial charge in [-0.25, -0.2) is 0 Å². The second-order valence-corrected chi connectivity index (χ2v) is 3.63. The van der Waals surface area contributed by atoms with Gasteiger partial charge in [-0.3, -0.25) is 0 Å². The number of halogens is 1. The Labute approximate surface area is 83.1 Å². The second-order valence-electron chi connectivity index (χ2n) is 3.24. The van der Waals surface area contributed by atoms with Crippen molar-refractivity contribution in [2.24, 2.45) is 5.92 Å². The van der Waals surface area contributed by atoms with Gasteiger partial charge in [0.2, 0.25) is 0 Å². The van der Waals surface area contributed by atoms with E-state index in [4.69, 9.17) is 16.3 Å². The molecule has 0 saturated carbocycles. The Morgan fingerprint density at radius 2 is 2.31 bits per heavy atom. The van der Waals surface area contributed by atoms with Crippen molar-refractivity contribution >= 4 is 11.6 Å². The zero-order valence-electron chi connectivity index (χ0n) is 7.83. The molecule has 0 aliphatic rings. The minimum atomic E-state index is 0.363. The first-order valence-electron chi connectivity index (χ1n) is 4.29. The van der Waals surface area contributed by atoms with Crippen molar-refractivity contribution in [3.05, 3.63) is 17.4 Å². The fraction of sp³-hybridized carbons (Fsp3) is 0.556. The SMILES string of the molecule is CC(C)CCOc1cnnc(Cl)c1. The van der Waals surface area contributed by atoms with Crippen molar-refractivity contribution in [2.45, 2.75) is 20.3 Å². The van der Waals surface area contributed by atoms with E-state index in [0.717, 1.165) is 6.42 Å². The van der Waals surface area contributed by atoms with Crippen molar-refractivity contribution in [1.82, 2.24) is 10.2 Å². The van der Waals surface area contributed by atoms with E-state index in [0.29, 0.717) is 23.4 Å². The summed E-state index contributed by atoms with van der Waals surface area (Å²) < 4.78 is 5.41. The molecule has 0 radical (unpaired) electrons. The Hall–Kier alpha value is -0.830. The van der Waals surface area contributed by atoms with E-state index in [9.17, 15) is 0 Å². The molecule has 4 heteroatoms. The molecule has 0 spiro atoms. The molecule has 1 rings (SSSR count). The molecule has 1 aromatic heterocycles. The van der Waals surface area contributed by atoms with Crippen molar-refractivity contribution < 1.29 is 4.74 Å². The Kier molecular flexibility index (Phi) is 3.96. The van der Waals surface area contributed by atoms with Gasteiger partial charge >= 0.3 is 0 Å². The molecule has 0 bridgehead atoms. The quantitative estimate of drug-likeness (QED) is 0.750.